The van der Waals surface area contributed by atoms with Crippen LogP contribution in [0.3, 0.4) is 0 Å². The van der Waals surface area contributed by atoms with E-state index >= 15 is 0 Å². The Labute approximate surface area is 102 Å². The van der Waals surface area contributed by atoms with Gasteiger partial charge in [-0.15, -0.1) is 0 Å². The minimum atomic E-state index is -4.44. The number of carbonyl (C=O) groups excluding carboxylic acids is 1. The number of alkyl halides is 3. The molecule has 0 saturated heterocycles. The molecular formula is C10H14F3N3O2. The number of esters is 1. The van der Waals surface area contributed by atoms with E-state index in [2.05, 4.69) is 15.2 Å². The van der Waals surface area contributed by atoms with Gasteiger partial charge in [0, 0.05) is 6.20 Å². The summed E-state index contributed by atoms with van der Waals surface area (Å²) in [6.07, 6.45) is -2.88. The number of nitrogens with one attached hydrogen (secondary N) is 1. The zero-order valence-corrected chi connectivity index (χ0v) is 10.2. The van der Waals surface area contributed by atoms with Crippen molar-refractivity contribution in [2.75, 3.05) is 14.2 Å². The molecule has 18 heavy (non-hydrogen) atoms. The van der Waals surface area contributed by atoms with Gasteiger partial charge in [0.05, 0.1) is 25.4 Å². The van der Waals surface area contributed by atoms with Gasteiger partial charge in [0.2, 0.25) is 0 Å². The number of nitrogens with zero attached hydrogens (tertiary/aromatic N) is 2. The summed E-state index contributed by atoms with van der Waals surface area (Å²) in [7, 11) is 2.73. The van der Waals surface area contributed by atoms with Crippen LogP contribution in [0.4, 0.5) is 13.2 Å². The number of hydrogen-bond donors (Lipinski definition) is 1. The molecule has 0 aliphatic heterocycles. The van der Waals surface area contributed by atoms with E-state index < -0.39 is 23.2 Å². The Bertz CT molecular complexity index is 430. The molecule has 1 aromatic heterocycles. The van der Waals surface area contributed by atoms with Crippen LogP contribution in [0, 0.1) is 0 Å². The average Bonchev–Trinajstić information content (AvgIpc) is 2.75. The van der Waals surface area contributed by atoms with Crippen LogP contribution in [0.25, 0.3) is 0 Å². The summed E-state index contributed by atoms with van der Waals surface area (Å²) in [5.74, 6) is -0.575. The summed E-state index contributed by atoms with van der Waals surface area (Å²) in [6.45, 7) is 1.46. The number of halogens is 3. The fourth-order valence-electron chi connectivity index (χ4n) is 1.39. The highest BCUT2D eigenvalue weighted by Crippen LogP contribution is 2.28. The predicted octanol–water partition coefficient (Wildman–Crippen LogP) is 1.05. The molecule has 0 aliphatic carbocycles. The normalized spacial score (nSPS) is 15.2. The highest BCUT2D eigenvalue weighted by atomic mass is 19.4. The lowest BCUT2D eigenvalue weighted by Gasteiger charge is -2.25. The van der Waals surface area contributed by atoms with Crippen molar-refractivity contribution >= 4 is 5.97 Å². The highest BCUT2D eigenvalue weighted by molar-refractivity contribution is 5.80. The summed E-state index contributed by atoms with van der Waals surface area (Å²) in [4.78, 5) is 11.5. The van der Waals surface area contributed by atoms with Gasteiger partial charge in [0.1, 0.15) is 5.54 Å². The van der Waals surface area contributed by atoms with Crippen molar-refractivity contribution in [3.05, 3.63) is 18.0 Å². The SMILES string of the molecule is CNC(C)(Cn1cc(C(F)(F)F)cn1)C(=O)OC. The molecule has 0 bridgehead atoms. The third kappa shape index (κ3) is 3.00. The smallest absolute Gasteiger partial charge is 0.419 e. The first kappa shape index (κ1) is 14.5. The first-order valence-corrected chi connectivity index (χ1v) is 5.10. The molecule has 1 N–H and O–H groups in total. The number of likely N-dealkylation sites (N-methyl/N-ethyl adjacent to an activating group) is 1. The van der Waals surface area contributed by atoms with E-state index in [4.69, 9.17) is 0 Å². The number of ether oxygens (including phenoxy) is 1. The molecule has 8 heteroatoms. The molecule has 1 unspecified atom stereocenters. The van der Waals surface area contributed by atoms with E-state index in [0.717, 1.165) is 10.9 Å². The Kier molecular flexibility index (Phi) is 4.00. The molecule has 0 aromatic carbocycles. The van der Waals surface area contributed by atoms with Gasteiger partial charge in [-0.05, 0) is 14.0 Å². The molecule has 1 aromatic rings. The van der Waals surface area contributed by atoms with Gasteiger partial charge in [-0.1, -0.05) is 0 Å². The number of aromatic nitrogens is 2. The van der Waals surface area contributed by atoms with Crippen LogP contribution in [0.5, 0.6) is 0 Å². The maximum atomic E-state index is 12.4. The third-order valence-electron chi connectivity index (χ3n) is 2.63. The second kappa shape index (κ2) is 4.97. The lowest BCUT2D eigenvalue weighted by atomic mass is 10.0. The number of methoxy groups -OCH3 is 1. The van der Waals surface area contributed by atoms with Crippen LogP contribution in [-0.4, -0.2) is 35.4 Å². The molecule has 0 fully saturated rings. The zero-order valence-electron chi connectivity index (χ0n) is 10.2. The summed E-state index contributed by atoms with van der Waals surface area (Å²) >= 11 is 0. The number of hydrogen-bond acceptors (Lipinski definition) is 4. The zero-order chi connectivity index (χ0) is 14.0. The predicted molar refractivity (Wildman–Crippen MR) is 56.7 cm³/mol. The Morgan fingerprint density at radius 2 is 2.17 bits per heavy atom. The van der Waals surface area contributed by atoms with Crippen LogP contribution in [0.1, 0.15) is 12.5 Å². The average molecular weight is 265 g/mol. The van der Waals surface area contributed by atoms with Gasteiger partial charge in [-0.2, -0.15) is 18.3 Å². The number of carbonyl (C=O) groups is 1. The third-order valence-corrected chi connectivity index (χ3v) is 2.63. The second-order valence-electron chi connectivity index (χ2n) is 4.00. The fourth-order valence-corrected chi connectivity index (χ4v) is 1.39. The summed E-state index contributed by atoms with van der Waals surface area (Å²) in [6, 6.07) is 0. The van der Waals surface area contributed by atoms with Gasteiger partial charge in [-0.25, -0.2) is 4.79 Å². The standard InChI is InChI=1S/C10H14F3N3O2/c1-9(14-2,8(17)18-3)6-16-5-7(4-15-16)10(11,12)13/h4-5,14H,6H2,1-3H3. The maximum Gasteiger partial charge on any atom is 0.419 e. The van der Waals surface area contributed by atoms with E-state index in [9.17, 15) is 18.0 Å². The van der Waals surface area contributed by atoms with E-state index in [1.807, 2.05) is 0 Å². The minimum absolute atomic E-state index is 0.0632. The Morgan fingerprint density at radius 3 is 2.56 bits per heavy atom. The van der Waals surface area contributed by atoms with Crippen LogP contribution < -0.4 is 5.32 Å². The van der Waals surface area contributed by atoms with Crippen molar-refractivity contribution in [3.8, 4) is 0 Å². The van der Waals surface area contributed by atoms with Crippen molar-refractivity contribution in [1.82, 2.24) is 15.1 Å². The Hall–Kier alpha value is -1.57. The monoisotopic (exact) mass is 265 g/mol. The molecule has 0 saturated carbocycles. The van der Waals surface area contributed by atoms with E-state index in [1.54, 1.807) is 0 Å². The highest BCUT2D eigenvalue weighted by Gasteiger charge is 2.36. The van der Waals surface area contributed by atoms with Crippen LogP contribution in [0.2, 0.25) is 0 Å². The van der Waals surface area contributed by atoms with Crippen LogP contribution in [0.15, 0.2) is 12.4 Å². The molecule has 0 aliphatic rings. The molecule has 1 rings (SSSR count). The lowest BCUT2D eigenvalue weighted by Crippen LogP contribution is -2.51. The molecular weight excluding hydrogens is 251 g/mol. The Morgan fingerprint density at radius 1 is 1.56 bits per heavy atom. The van der Waals surface area contributed by atoms with Crippen molar-refractivity contribution in [2.45, 2.75) is 25.2 Å². The summed E-state index contributed by atoms with van der Waals surface area (Å²) in [5, 5.41) is 6.29. The Balaban J connectivity index is 2.90. The largest absolute Gasteiger partial charge is 0.468 e. The topological polar surface area (TPSA) is 56.2 Å². The van der Waals surface area contributed by atoms with Crippen molar-refractivity contribution < 1.29 is 22.7 Å². The molecule has 1 heterocycles. The minimum Gasteiger partial charge on any atom is -0.468 e. The first-order chi connectivity index (χ1) is 8.23. The quantitative estimate of drug-likeness (QED) is 0.827. The fraction of sp³-hybridized carbons (Fsp3) is 0.600. The molecule has 1 atom stereocenters. The first-order valence-electron chi connectivity index (χ1n) is 5.10. The molecule has 102 valence electrons. The van der Waals surface area contributed by atoms with Crippen molar-refractivity contribution in [3.63, 3.8) is 0 Å². The van der Waals surface area contributed by atoms with E-state index in [-0.39, 0.29) is 6.54 Å². The van der Waals surface area contributed by atoms with Crippen molar-refractivity contribution in [1.29, 1.82) is 0 Å². The molecule has 5 nitrogen and oxygen atoms in total. The van der Waals surface area contributed by atoms with E-state index in [0.29, 0.717) is 6.20 Å². The summed E-state index contributed by atoms with van der Waals surface area (Å²) in [5.41, 5.74) is -1.99. The van der Waals surface area contributed by atoms with Gasteiger partial charge < -0.3 is 10.1 Å². The van der Waals surface area contributed by atoms with Gasteiger partial charge in [0.15, 0.2) is 0 Å². The van der Waals surface area contributed by atoms with E-state index in [1.165, 1.54) is 21.1 Å². The van der Waals surface area contributed by atoms with Crippen LogP contribution >= 0.6 is 0 Å². The van der Waals surface area contributed by atoms with Gasteiger partial charge >= 0.3 is 12.1 Å². The molecule has 0 radical (unpaired) electrons. The van der Waals surface area contributed by atoms with Crippen molar-refractivity contribution in [2.24, 2.45) is 0 Å². The molecule has 0 spiro atoms. The summed E-state index contributed by atoms with van der Waals surface area (Å²) < 4.78 is 42.8. The maximum absolute atomic E-state index is 12.4. The second-order valence-corrected chi connectivity index (χ2v) is 4.00. The lowest BCUT2D eigenvalue weighted by molar-refractivity contribution is -0.148. The van der Waals surface area contributed by atoms with Gasteiger partial charge in [0.25, 0.3) is 0 Å². The number of rotatable bonds is 4. The molecule has 0 amide bonds. The van der Waals surface area contributed by atoms with Gasteiger partial charge in [-0.3, -0.25) is 4.68 Å². The van der Waals surface area contributed by atoms with Crippen LogP contribution in [-0.2, 0) is 22.3 Å².